The van der Waals surface area contributed by atoms with Crippen LogP contribution in [0.4, 0.5) is 0 Å². The molecule has 2 heterocycles. The van der Waals surface area contributed by atoms with E-state index in [4.69, 9.17) is 4.74 Å². The van der Waals surface area contributed by atoms with Gasteiger partial charge in [-0.3, -0.25) is 4.79 Å². The molecule has 0 aliphatic carbocycles. The number of halogens is 1. The number of rotatable bonds is 6. The zero-order valence-corrected chi connectivity index (χ0v) is 16.9. The summed E-state index contributed by atoms with van der Waals surface area (Å²) in [4.78, 5) is 15.1. The van der Waals surface area contributed by atoms with Gasteiger partial charge in [-0.2, -0.15) is 0 Å². The van der Waals surface area contributed by atoms with Crippen LogP contribution < -0.4 is 10.1 Å². The highest BCUT2D eigenvalue weighted by Gasteiger charge is 2.31. The second kappa shape index (κ2) is 10.2. The lowest BCUT2D eigenvalue weighted by Gasteiger charge is -2.31. The molecule has 146 valence electrons. The summed E-state index contributed by atoms with van der Waals surface area (Å²) in [5, 5.41) is 3.42. The molecule has 2 atom stereocenters. The SMILES string of the molecule is COc1ccccc1CC1CCCN1C(=O)CC(C)C1CCNCC1.Cl. The van der Waals surface area contributed by atoms with Crippen molar-refractivity contribution in [3.05, 3.63) is 29.8 Å². The highest BCUT2D eigenvalue weighted by atomic mass is 35.5. The standard InChI is InChI=1S/C21H32N2O2.ClH/c1-16(17-9-11-22-12-10-17)14-21(24)23-13-5-7-19(23)15-18-6-3-4-8-20(18)25-2;/h3-4,6,8,16-17,19,22H,5,7,9-15H2,1-2H3;1H. The van der Waals surface area contributed by atoms with E-state index in [-0.39, 0.29) is 12.4 Å². The quantitative estimate of drug-likeness (QED) is 0.818. The van der Waals surface area contributed by atoms with Crippen molar-refractivity contribution in [2.45, 2.75) is 51.5 Å². The third-order valence-corrected chi connectivity index (χ3v) is 6.03. The first kappa shape index (κ1) is 21.0. The maximum atomic E-state index is 12.9. The van der Waals surface area contributed by atoms with Crippen LogP contribution in [0.5, 0.6) is 5.75 Å². The zero-order chi connectivity index (χ0) is 17.6. The molecule has 2 fully saturated rings. The minimum Gasteiger partial charge on any atom is -0.496 e. The molecule has 0 aromatic heterocycles. The van der Waals surface area contributed by atoms with E-state index in [1.54, 1.807) is 7.11 Å². The minimum atomic E-state index is 0. The second-order valence-corrected chi connectivity index (χ2v) is 7.67. The van der Waals surface area contributed by atoms with Crippen LogP contribution in [0.25, 0.3) is 0 Å². The molecule has 0 bridgehead atoms. The summed E-state index contributed by atoms with van der Waals surface area (Å²) in [6.07, 6.45) is 6.24. The van der Waals surface area contributed by atoms with Crippen LogP contribution in [0.15, 0.2) is 24.3 Å². The molecule has 2 aliphatic heterocycles. The third-order valence-electron chi connectivity index (χ3n) is 6.03. The summed E-state index contributed by atoms with van der Waals surface area (Å²) >= 11 is 0. The lowest BCUT2D eigenvalue weighted by atomic mass is 9.84. The van der Waals surface area contributed by atoms with Crippen LogP contribution in [0.3, 0.4) is 0 Å². The van der Waals surface area contributed by atoms with E-state index in [2.05, 4.69) is 29.3 Å². The fraction of sp³-hybridized carbons (Fsp3) is 0.667. The van der Waals surface area contributed by atoms with Crippen molar-refractivity contribution >= 4 is 18.3 Å². The number of carbonyl (C=O) groups is 1. The van der Waals surface area contributed by atoms with Crippen molar-refractivity contribution in [3.63, 3.8) is 0 Å². The fourth-order valence-corrected chi connectivity index (χ4v) is 4.47. The van der Waals surface area contributed by atoms with E-state index >= 15 is 0 Å². The van der Waals surface area contributed by atoms with Crippen molar-refractivity contribution < 1.29 is 9.53 Å². The molecule has 2 aliphatic rings. The maximum absolute atomic E-state index is 12.9. The van der Waals surface area contributed by atoms with Crippen molar-refractivity contribution in [3.8, 4) is 5.75 Å². The van der Waals surface area contributed by atoms with Crippen LogP contribution in [0, 0.1) is 11.8 Å². The number of para-hydroxylation sites is 1. The van der Waals surface area contributed by atoms with Gasteiger partial charge in [0, 0.05) is 19.0 Å². The minimum absolute atomic E-state index is 0. The lowest BCUT2D eigenvalue weighted by Crippen LogP contribution is -2.39. The number of benzene rings is 1. The number of amides is 1. The molecule has 2 unspecified atom stereocenters. The number of nitrogens with one attached hydrogen (secondary N) is 1. The number of hydrogen-bond donors (Lipinski definition) is 1. The van der Waals surface area contributed by atoms with E-state index in [1.165, 1.54) is 18.4 Å². The summed E-state index contributed by atoms with van der Waals surface area (Å²) in [6.45, 7) is 5.38. The number of piperidine rings is 1. The van der Waals surface area contributed by atoms with Crippen LogP contribution in [-0.4, -0.2) is 43.6 Å². The van der Waals surface area contributed by atoms with Crippen LogP contribution >= 0.6 is 12.4 Å². The average molecular weight is 381 g/mol. The Bertz CT molecular complexity index is 575. The smallest absolute Gasteiger partial charge is 0.223 e. The Hall–Kier alpha value is -1.26. The van der Waals surface area contributed by atoms with Crippen LogP contribution in [0.2, 0.25) is 0 Å². The molecule has 2 saturated heterocycles. The fourth-order valence-electron chi connectivity index (χ4n) is 4.47. The molecule has 0 radical (unpaired) electrons. The molecule has 1 aromatic rings. The van der Waals surface area contributed by atoms with Gasteiger partial charge in [0.25, 0.3) is 0 Å². The van der Waals surface area contributed by atoms with Gasteiger partial charge in [0.1, 0.15) is 5.75 Å². The van der Waals surface area contributed by atoms with Crippen molar-refractivity contribution in [1.29, 1.82) is 0 Å². The Morgan fingerprint density at radius 1 is 1.27 bits per heavy atom. The van der Waals surface area contributed by atoms with Gasteiger partial charge in [-0.05, 0) is 68.7 Å². The van der Waals surface area contributed by atoms with E-state index in [0.29, 0.717) is 30.2 Å². The van der Waals surface area contributed by atoms with Crippen molar-refractivity contribution in [2.75, 3.05) is 26.7 Å². The zero-order valence-electron chi connectivity index (χ0n) is 16.1. The molecule has 3 rings (SSSR count). The molecule has 26 heavy (non-hydrogen) atoms. The number of carbonyl (C=O) groups excluding carboxylic acids is 1. The molecule has 1 N–H and O–H groups in total. The monoisotopic (exact) mass is 380 g/mol. The first-order valence-corrected chi connectivity index (χ1v) is 9.81. The summed E-state index contributed by atoms with van der Waals surface area (Å²) in [6, 6.07) is 8.51. The summed E-state index contributed by atoms with van der Waals surface area (Å²) < 4.78 is 5.49. The highest BCUT2D eigenvalue weighted by Crippen LogP contribution is 2.29. The van der Waals surface area contributed by atoms with Gasteiger partial charge in [-0.1, -0.05) is 25.1 Å². The molecule has 4 nitrogen and oxygen atoms in total. The number of likely N-dealkylation sites (tertiary alicyclic amines) is 1. The van der Waals surface area contributed by atoms with Gasteiger partial charge in [0.2, 0.25) is 5.91 Å². The topological polar surface area (TPSA) is 41.6 Å². The Labute approximate surface area is 164 Å². The van der Waals surface area contributed by atoms with Gasteiger partial charge in [-0.15, -0.1) is 12.4 Å². The van der Waals surface area contributed by atoms with Gasteiger partial charge >= 0.3 is 0 Å². The first-order chi connectivity index (χ1) is 12.2. The largest absolute Gasteiger partial charge is 0.496 e. The summed E-state index contributed by atoms with van der Waals surface area (Å²) in [5.41, 5.74) is 1.21. The average Bonchev–Trinajstić information content (AvgIpc) is 3.11. The number of ether oxygens (including phenoxy) is 1. The molecule has 0 spiro atoms. The summed E-state index contributed by atoms with van der Waals surface area (Å²) in [5.74, 6) is 2.47. The lowest BCUT2D eigenvalue weighted by molar-refractivity contribution is -0.133. The third kappa shape index (κ3) is 5.14. The van der Waals surface area contributed by atoms with E-state index in [9.17, 15) is 4.79 Å². The first-order valence-electron chi connectivity index (χ1n) is 9.81. The Balaban J connectivity index is 0.00000243. The van der Waals surface area contributed by atoms with Crippen molar-refractivity contribution in [2.24, 2.45) is 11.8 Å². The van der Waals surface area contributed by atoms with Gasteiger partial charge in [0.05, 0.1) is 7.11 Å². The number of nitrogens with zero attached hydrogens (tertiary/aromatic N) is 1. The molecule has 5 heteroatoms. The highest BCUT2D eigenvalue weighted by molar-refractivity contribution is 5.85. The number of methoxy groups -OCH3 is 1. The predicted molar refractivity (Wildman–Crippen MR) is 108 cm³/mol. The maximum Gasteiger partial charge on any atom is 0.223 e. The Morgan fingerprint density at radius 2 is 2.00 bits per heavy atom. The van der Waals surface area contributed by atoms with Crippen LogP contribution in [-0.2, 0) is 11.2 Å². The van der Waals surface area contributed by atoms with E-state index in [0.717, 1.165) is 44.6 Å². The summed E-state index contributed by atoms with van der Waals surface area (Å²) in [7, 11) is 1.72. The van der Waals surface area contributed by atoms with Gasteiger partial charge in [0.15, 0.2) is 0 Å². The predicted octanol–water partition coefficient (Wildman–Crippen LogP) is 3.68. The molecule has 0 saturated carbocycles. The van der Waals surface area contributed by atoms with E-state index < -0.39 is 0 Å². The molecule has 1 aromatic carbocycles. The van der Waals surface area contributed by atoms with Crippen LogP contribution in [0.1, 0.15) is 44.6 Å². The Morgan fingerprint density at radius 3 is 2.73 bits per heavy atom. The van der Waals surface area contributed by atoms with E-state index in [1.807, 2.05) is 12.1 Å². The number of hydrogen-bond acceptors (Lipinski definition) is 3. The molecular formula is C21H33ClN2O2. The van der Waals surface area contributed by atoms with Gasteiger partial charge in [-0.25, -0.2) is 0 Å². The molecular weight excluding hydrogens is 348 g/mol. The van der Waals surface area contributed by atoms with Crippen molar-refractivity contribution in [1.82, 2.24) is 10.2 Å². The Kier molecular flexibility index (Phi) is 8.23. The van der Waals surface area contributed by atoms with Gasteiger partial charge < -0.3 is 15.0 Å². The normalized spacial score (nSPS) is 21.9. The second-order valence-electron chi connectivity index (χ2n) is 7.67. The molecule has 1 amide bonds.